The second-order valence-electron chi connectivity index (χ2n) is 14.5. The molecule has 0 radical (unpaired) electrons. The molecule has 0 fully saturated rings. The number of hydrogen-bond donors (Lipinski definition) is 0. The summed E-state index contributed by atoms with van der Waals surface area (Å²) in [5.74, 6) is 0.213. The normalized spacial score (nSPS) is 16.6. The van der Waals surface area contributed by atoms with Crippen molar-refractivity contribution in [3.05, 3.63) is 82.9 Å². The number of hydrogen-bond acceptors (Lipinski definition) is 8. The van der Waals surface area contributed by atoms with E-state index in [4.69, 9.17) is 18.9 Å². The van der Waals surface area contributed by atoms with Crippen LogP contribution in [-0.2, 0) is 19.9 Å². The van der Waals surface area contributed by atoms with Crippen LogP contribution in [-0.4, -0.2) is 30.4 Å². The monoisotopic (exact) mass is 646 g/mol. The maximum atomic E-state index is 13.2. The van der Waals surface area contributed by atoms with Crippen molar-refractivity contribution < 1.29 is 33.3 Å². The van der Waals surface area contributed by atoms with E-state index in [9.17, 15) is 14.4 Å². The van der Waals surface area contributed by atoms with Crippen molar-refractivity contribution in [1.82, 2.24) is 0 Å². The molecular formula is C38H46O7S. The molecule has 3 aromatic rings. The number of benzene rings is 3. The van der Waals surface area contributed by atoms with Gasteiger partial charge in [0.2, 0.25) is 0 Å². The van der Waals surface area contributed by atoms with Crippen molar-refractivity contribution in [3.63, 3.8) is 0 Å². The van der Waals surface area contributed by atoms with Gasteiger partial charge in [0, 0.05) is 28.8 Å². The molecule has 46 heavy (non-hydrogen) atoms. The Morgan fingerprint density at radius 3 is 1.76 bits per heavy atom. The number of carbonyl (C=O) groups excluding carboxylic acids is 3. The quantitative estimate of drug-likeness (QED) is 0.185. The smallest absolute Gasteiger partial charge is 0.340 e. The van der Waals surface area contributed by atoms with Gasteiger partial charge in [0.15, 0.2) is 5.60 Å². The molecule has 0 amide bonds. The van der Waals surface area contributed by atoms with E-state index in [0.29, 0.717) is 58.1 Å². The van der Waals surface area contributed by atoms with Gasteiger partial charge in [-0.25, -0.2) is 4.79 Å². The number of ether oxygens (including phenoxy) is 4. The van der Waals surface area contributed by atoms with Crippen molar-refractivity contribution in [1.29, 1.82) is 0 Å². The zero-order chi connectivity index (χ0) is 34.1. The lowest BCUT2D eigenvalue weighted by Gasteiger charge is -2.37. The average molecular weight is 647 g/mol. The van der Waals surface area contributed by atoms with Crippen LogP contribution in [0.4, 0.5) is 0 Å². The standard InChI is InChI=1S/C36H40O7.C2H6S/c1-9-18-34(5,6)31(38)40-22-14-16-26-28(19-22)42-29-20-23(41-32(39)35(7,8)21-33(2,3)4)15-17-27(29)36(26)25-13-11-10-12-24(25)30(37)43-36;1-3-2/h10-17,19-20H,9,18,21H2,1-8H3;1-2H3. The molecular weight excluding hydrogens is 600 g/mol. The van der Waals surface area contributed by atoms with Gasteiger partial charge in [-0.2, -0.15) is 11.8 Å². The first-order chi connectivity index (χ1) is 21.5. The summed E-state index contributed by atoms with van der Waals surface area (Å²) >= 11 is 1.75. The van der Waals surface area contributed by atoms with Gasteiger partial charge in [-0.3, -0.25) is 9.59 Å². The molecule has 7 nitrogen and oxygen atoms in total. The first-order valence-electron chi connectivity index (χ1n) is 15.6. The molecule has 0 saturated heterocycles. The summed E-state index contributed by atoms with van der Waals surface area (Å²) in [5.41, 5.74) is -0.402. The molecule has 8 heteroatoms. The fraction of sp³-hybridized carbons (Fsp3) is 0.447. The van der Waals surface area contributed by atoms with E-state index in [0.717, 1.165) is 6.42 Å². The molecule has 1 atom stereocenters. The Morgan fingerprint density at radius 2 is 1.26 bits per heavy atom. The topological polar surface area (TPSA) is 88.1 Å². The van der Waals surface area contributed by atoms with Gasteiger partial charge in [0.1, 0.15) is 23.0 Å². The second kappa shape index (κ2) is 13.1. The maximum absolute atomic E-state index is 13.2. The Hall–Kier alpha value is -3.78. The minimum Gasteiger partial charge on any atom is -0.456 e. The number of esters is 3. The summed E-state index contributed by atoms with van der Waals surface area (Å²) in [7, 11) is 0. The van der Waals surface area contributed by atoms with E-state index in [-0.39, 0.29) is 17.4 Å². The van der Waals surface area contributed by atoms with E-state index < -0.39 is 22.4 Å². The highest BCUT2D eigenvalue weighted by atomic mass is 32.2. The van der Waals surface area contributed by atoms with E-state index in [1.54, 1.807) is 60.3 Å². The largest absolute Gasteiger partial charge is 0.456 e. The molecule has 2 aliphatic heterocycles. The summed E-state index contributed by atoms with van der Waals surface area (Å²) < 4.78 is 24.2. The highest BCUT2D eigenvalue weighted by molar-refractivity contribution is 7.97. The summed E-state index contributed by atoms with van der Waals surface area (Å²) in [6, 6.07) is 17.5. The number of rotatable bonds is 7. The van der Waals surface area contributed by atoms with Crippen LogP contribution in [0.3, 0.4) is 0 Å². The predicted octanol–water partition coefficient (Wildman–Crippen LogP) is 9.33. The van der Waals surface area contributed by atoms with Crippen LogP contribution in [0, 0.1) is 16.2 Å². The van der Waals surface area contributed by atoms with Crippen LogP contribution in [0.15, 0.2) is 60.7 Å². The lowest BCUT2D eigenvalue weighted by Crippen LogP contribution is -2.34. The van der Waals surface area contributed by atoms with E-state index in [2.05, 4.69) is 20.8 Å². The van der Waals surface area contributed by atoms with Crippen LogP contribution in [0.25, 0.3) is 0 Å². The van der Waals surface area contributed by atoms with Gasteiger partial charge in [-0.1, -0.05) is 52.3 Å². The SMILES string of the molecule is CCCC(C)(C)C(=O)Oc1ccc2c(c1)Oc1cc(OC(=O)C(C)(C)CC(C)(C)C)ccc1C21OC(=O)c2ccccc21.CSC. The van der Waals surface area contributed by atoms with Crippen molar-refractivity contribution in [3.8, 4) is 23.0 Å². The zero-order valence-electron chi connectivity index (χ0n) is 28.7. The van der Waals surface area contributed by atoms with E-state index >= 15 is 0 Å². The summed E-state index contributed by atoms with van der Waals surface area (Å²) in [6.45, 7) is 15.8. The highest BCUT2D eigenvalue weighted by Crippen LogP contribution is 2.57. The van der Waals surface area contributed by atoms with Crippen molar-refractivity contribution in [2.75, 3.05) is 12.5 Å². The molecule has 0 bridgehead atoms. The number of thioether (sulfide) groups is 1. The van der Waals surface area contributed by atoms with Crippen LogP contribution in [0.5, 0.6) is 23.0 Å². The fourth-order valence-electron chi connectivity index (χ4n) is 6.38. The van der Waals surface area contributed by atoms with Gasteiger partial charge in [-0.15, -0.1) is 0 Å². The summed E-state index contributed by atoms with van der Waals surface area (Å²) in [6.07, 6.45) is 6.25. The predicted molar refractivity (Wildman–Crippen MR) is 182 cm³/mol. The molecule has 246 valence electrons. The Kier molecular flexibility index (Phi) is 10.0. The Balaban J connectivity index is 0.00000154. The molecule has 3 aromatic carbocycles. The van der Waals surface area contributed by atoms with E-state index in [1.165, 1.54) is 0 Å². The zero-order valence-corrected chi connectivity index (χ0v) is 29.5. The van der Waals surface area contributed by atoms with Crippen LogP contribution < -0.4 is 14.2 Å². The lowest BCUT2D eigenvalue weighted by molar-refractivity contribution is -0.146. The molecule has 0 N–H and O–H groups in total. The first-order valence-corrected chi connectivity index (χ1v) is 17.3. The lowest BCUT2D eigenvalue weighted by atomic mass is 9.76. The third-order valence-corrected chi connectivity index (χ3v) is 8.03. The Labute approximate surface area is 277 Å². The van der Waals surface area contributed by atoms with Crippen molar-refractivity contribution >= 4 is 29.7 Å². The van der Waals surface area contributed by atoms with Gasteiger partial charge in [0.05, 0.1) is 16.4 Å². The van der Waals surface area contributed by atoms with Gasteiger partial charge >= 0.3 is 17.9 Å². The molecule has 1 unspecified atom stereocenters. The van der Waals surface area contributed by atoms with Gasteiger partial charge in [0.25, 0.3) is 0 Å². The summed E-state index contributed by atoms with van der Waals surface area (Å²) in [4.78, 5) is 39.4. The average Bonchev–Trinajstić information content (AvgIpc) is 3.24. The minimum atomic E-state index is -1.30. The first kappa shape index (κ1) is 35.1. The van der Waals surface area contributed by atoms with Gasteiger partial charge in [-0.05, 0) is 88.8 Å². The number of carbonyl (C=O) groups is 3. The van der Waals surface area contributed by atoms with Crippen molar-refractivity contribution in [2.24, 2.45) is 16.2 Å². The minimum absolute atomic E-state index is 0.0652. The molecule has 1 spiro atoms. The Bertz CT molecular complexity index is 1630. The van der Waals surface area contributed by atoms with Gasteiger partial charge < -0.3 is 18.9 Å². The molecule has 2 aliphatic rings. The molecule has 5 rings (SSSR count). The van der Waals surface area contributed by atoms with Crippen LogP contribution in [0.2, 0.25) is 0 Å². The highest BCUT2D eigenvalue weighted by Gasteiger charge is 2.53. The fourth-order valence-corrected chi connectivity index (χ4v) is 6.38. The van der Waals surface area contributed by atoms with Crippen LogP contribution in [0.1, 0.15) is 102 Å². The van der Waals surface area contributed by atoms with E-state index in [1.807, 2.05) is 59.3 Å². The third kappa shape index (κ3) is 6.97. The Morgan fingerprint density at radius 1 is 0.761 bits per heavy atom. The van der Waals surface area contributed by atoms with Crippen LogP contribution >= 0.6 is 11.8 Å². The number of fused-ring (bicyclic) bond motifs is 6. The third-order valence-electron chi connectivity index (χ3n) is 8.03. The second-order valence-corrected chi connectivity index (χ2v) is 15.3. The molecule has 0 aliphatic carbocycles. The molecule has 2 heterocycles. The summed E-state index contributed by atoms with van der Waals surface area (Å²) in [5, 5.41) is 0. The molecule has 0 saturated carbocycles. The maximum Gasteiger partial charge on any atom is 0.340 e. The molecule has 0 aromatic heterocycles. The van der Waals surface area contributed by atoms with Crippen molar-refractivity contribution in [2.45, 2.75) is 80.3 Å².